The zero-order chi connectivity index (χ0) is 13.7. The van der Waals surface area contributed by atoms with Gasteiger partial charge in [-0.3, -0.25) is 14.9 Å². The minimum Gasteiger partial charge on any atom is -0.469 e. The number of anilines is 1. The molecule has 98 valence electrons. The lowest BCUT2D eigenvalue weighted by molar-refractivity contribution is -0.385. The molecular weight excluding hydrogens is 236 g/mol. The SMILES string of the molecule is COC(=O)CCN(C)c1ccc(C)c([N+](=O)[O-])c1. The summed E-state index contributed by atoms with van der Waals surface area (Å²) in [4.78, 5) is 23.2. The Bertz CT molecular complexity index is 459. The molecule has 0 atom stereocenters. The number of carbonyl (C=O) groups excluding carboxylic acids is 1. The van der Waals surface area contributed by atoms with E-state index in [-0.39, 0.29) is 18.1 Å². The van der Waals surface area contributed by atoms with Gasteiger partial charge in [-0.1, -0.05) is 6.07 Å². The molecule has 0 aliphatic rings. The van der Waals surface area contributed by atoms with Gasteiger partial charge in [0.05, 0.1) is 18.5 Å². The second-order valence-electron chi connectivity index (χ2n) is 3.98. The van der Waals surface area contributed by atoms with Crippen LogP contribution in [0.1, 0.15) is 12.0 Å². The lowest BCUT2D eigenvalue weighted by Gasteiger charge is -2.18. The molecule has 0 saturated heterocycles. The van der Waals surface area contributed by atoms with Crippen molar-refractivity contribution in [2.75, 3.05) is 25.6 Å². The first-order valence-corrected chi connectivity index (χ1v) is 5.48. The molecule has 0 unspecified atom stereocenters. The van der Waals surface area contributed by atoms with Gasteiger partial charge in [0.1, 0.15) is 0 Å². The van der Waals surface area contributed by atoms with Crippen LogP contribution in [0.25, 0.3) is 0 Å². The van der Waals surface area contributed by atoms with Crippen LogP contribution in [0.15, 0.2) is 18.2 Å². The molecule has 0 bridgehead atoms. The Balaban J connectivity index is 2.80. The summed E-state index contributed by atoms with van der Waals surface area (Å²) in [7, 11) is 3.11. The monoisotopic (exact) mass is 252 g/mol. The van der Waals surface area contributed by atoms with Gasteiger partial charge in [-0.15, -0.1) is 0 Å². The number of ether oxygens (including phenoxy) is 1. The highest BCUT2D eigenvalue weighted by atomic mass is 16.6. The van der Waals surface area contributed by atoms with Crippen molar-refractivity contribution < 1.29 is 14.5 Å². The van der Waals surface area contributed by atoms with Crippen LogP contribution >= 0.6 is 0 Å². The molecule has 0 aliphatic carbocycles. The van der Waals surface area contributed by atoms with Gasteiger partial charge in [-0.25, -0.2) is 0 Å². The number of methoxy groups -OCH3 is 1. The zero-order valence-electron chi connectivity index (χ0n) is 10.7. The summed E-state index contributed by atoms with van der Waals surface area (Å²) >= 11 is 0. The number of nitro benzene ring substituents is 1. The summed E-state index contributed by atoms with van der Waals surface area (Å²) < 4.78 is 4.54. The Hall–Kier alpha value is -2.11. The molecule has 0 amide bonds. The smallest absolute Gasteiger partial charge is 0.307 e. The van der Waals surface area contributed by atoms with Crippen molar-refractivity contribution >= 4 is 17.3 Å². The number of hydrogen-bond acceptors (Lipinski definition) is 5. The highest BCUT2D eigenvalue weighted by molar-refractivity contribution is 5.70. The van der Waals surface area contributed by atoms with Crippen LogP contribution in [-0.4, -0.2) is 31.6 Å². The summed E-state index contributed by atoms with van der Waals surface area (Å²) in [5.74, 6) is -0.302. The Morgan fingerprint density at radius 2 is 2.17 bits per heavy atom. The van der Waals surface area contributed by atoms with Crippen molar-refractivity contribution in [1.29, 1.82) is 0 Å². The molecule has 6 heteroatoms. The fourth-order valence-electron chi connectivity index (χ4n) is 1.52. The van der Waals surface area contributed by atoms with Crippen LogP contribution in [0, 0.1) is 17.0 Å². The van der Waals surface area contributed by atoms with Gasteiger partial charge >= 0.3 is 5.97 Å². The normalized spacial score (nSPS) is 9.94. The Kier molecular flexibility index (Phi) is 4.65. The third-order valence-corrected chi connectivity index (χ3v) is 2.71. The molecule has 6 nitrogen and oxygen atoms in total. The quantitative estimate of drug-likeness (QED) is 0.454. The number of nitrogens with zero attached hydrogens (tertiary/aromatic N) is 2. The van der Waals surface area contributed by atoms with Gasteiger partial charge in [0, 0.05) is 30.9 Å². The molecular formula is C12H16N2O4. The fraction of sp³-hybridized carbons (Fsp3) is 0.417. The van der Waals surface area contributed by atoms with E-state index in [1.165, 1.54) is 13.2 Å². The summed E-state index contributed by atoms with van der Waals surface area (Å²) in [6.07, 6.45) is 0.245. The second kappa shape index (κ2) is 6.00. The molecule has 0 heterocycles. The van der Waals surface area contributed by atoms with E-state index in [0.29, 0.717) is 17.8 Å². The fourth-order valence-corrected chi connectivity index (χ4v) is 1.52. The largest absolute Gasteiger partial charge is 0.469 e. The van der Waals surface area contributed by atoms with E-state index in [1.807, 2.05) is 0 Å². The molecule has 0 aromatic heterocycles. The predicted octanol–water partition coefficient (Wildman–Crippen LogP) is 1.90. The van der Waals surface area contributed by atoms with E-state index in [1.54, 1.807) is 31.0 Å². The maximum absolute atomic E-state index is 11.0. The third kappa shape index (κ3) is 3.44. The van der Waals surface area contributed by atoms with Crippen molar-refractivity contribution in [3.8, 4) is 0 Å². The van der Waals surface area contributed by atoms with Crippen molar-refractivity contribution in [2.45, 2.75) is 13.3 Å². The second-order valence-corrected chi connectivity index (χ2v) is 3.98. The van der Waals surface area contributed by atoms with Gasteiger partial charge in [-0.2, -0.15) is 0 Å². The summed E-state index contributed by atoms with van der Waals surface area (Å²) in [6.45, 7) is 2.14. The lowest BCUT2D eigenvalue weighted by Crippen LogP contribution is -2.21. The van der Waals surface area contributed by atoms with Crippen LogP contribution in [0.5, 0.6) is 0 Å². The number of nitro groups is 1. The molecule has 0 N–H and O–H groups in total. The van der Waals surface area contributed by atoms with Crippen LogP contribution in [0.2, 0.25) is 0 Å². The summed E-state index contributed by atoms with van der Waals surface area (Å²) in [6, 6.07) is 4.99. The predicted molar refractivity (Wildman–Crippen MR) is 67.7 cm³/mol. The van der Waals surface area contributed by atoms with Gasteiger partial charge in [0.2, 0.25) is 0 Å². The van der Waals surface area contributed by atoms with E-state index in [4.69, 9.17) is 0 Å². The standard InChI is InChI=1S/C12H16N2O4/c1-9-4-5-10(8-11(9)14(16)17)13(2)7-6-12(15)18-3/h4-5,8H,6-7H2,1-3H3. The van der Waals surface area contributed by atoms with Gasteiger partial charge in [0.25, 0.3) is 5.69 Å². The van der Waals surface area contributed by atoms with Gasteiger partial charge < -0.3 is 9.64 Å². The van der Waals surface area contributed by atoms with E-state index < -0.39 is 4.92 Å². The first kappa shape index (κ1) is 14.0. The molecule has 1 aromatic carbocycles. The number of rotatable bonds is 5. The Morgan fingerprint density at radius 1 is 1.50 bits per heavy atom. The minimum atomic E-state index is -0.410. The van der Waals surface area contributed by atoms with Crippen molar-refractivity contribution in [2.24, 2.45) is 0 Å². The average Bonchev–Trinajstić information content (AvgIpc) is 2.35. The van der Waals surface area contributed by atoms with Crippen molar-refractivity contribution in [1.82, 2.24) is 0 Å². The molecule has 0 aliphatic heterocycles. The number of hydrogen-bond donors (Lipinski definition) is 0. The number of aryl methyl sites for hydroxylation is 1. The van der Waals surface area contributed by atoms with Gasteiger partial charge in [-0.05, 0) is 13.0 Å². The first-order chi connectivity index (χ1) is 8.45. The molecule has 0 radical (unpaired) electrons. The average molecular weight is 252 g/mol. The minimum absolute atomic E-state index is 0.0809. The van der Waals surface area contributed by atoms with Gasteiger partial charge in [0.15, 0.2) is 0 Å². The van der Waals surface area contributed by atoms with Crippen LogP contribution in [0.3, 0.4) is 0 Å². The number of benzene rings is 1. The molecule has 1 aromatic rings. The molecule has 0 fully saturated rings. The highest BCUT2D eigenvalue weighted by Gasteiger charge is 2.13. The Labute approximate surface area is 105 Å². The summed E-state index contributed by atoms with van der Waals surface area (Å²) in [5, 5.41) is 10.8. The van der Waals surface area contributed by atoms with E-state index >= 15 is 0 Å². The number of carbonyl (C=O) groups is 1. The Morgan fingerprint density at radius 3 is 2.72 bits per heavy atom. The maximum Gasteiger partial charge on any atom is 0.307 e. The summed E-state index contributed by atoms with van der Waals surface area (Å²) in [5.41, 5.74) is 1.40. The van der Waals surface area contributed by atoms with Crippen LogP contribution in [-0.2, 0) is 9.53 Å². The maximum atomic E-state index is 11.0. The van der Waals surface area contributed by atoms with Crippen LogP contribution < -0.4 is 4.90 Å². The topological polar surface area (TPSA) is 72.7 Å². The molecule has 18 heavy (non-hydrogen) atoms. The van der Waals surface area contributed by atoms with E-state index in [0.717, 1.165) is 0 Å². The lowest BCUT2D eigenvalue weighted by atomic mass is 10.1. The highest BCUT2D eigenvalue weighted by Crippen LogP contribution is 2.24. The molecule has 0 spiro atoms. The van der Waals surface area contributed by atoms with E-state index in [2.05, 4.69) is 4.74 Å². The van der Waals surface area contributed by atoms with Crippen molar-refractivity contribution in [3.63, 3.8) is 0 Å². The first-order valence-electron chi connectivity index (χ1n) is 5.48. The third-order valence-electron chi connectivity index (χ3n) is 2.71. The van der Waals surface area contributed by atoms with Crippen molar-refractivity contribution in [3.05, 3.63) is 33.9 Å². The molecule has 0 saturated carbocycles. The molecule has 1 rings (SSSR count). The van der Waals surface area contributed by atoms with Crippen LogP contribution in [0.4, 0.5) is 11.4 Å². The van der Waals surface area contributed by atoms with E-state index in [9.17, 15) is 14.9 Å². The number of esters is 1. The zero-order valence-corrected chi connectivity index (χ0v) is 10.7.